The number of hydrogen-bond acceptors (Lipinski definition) is 2. The van der Waals surface area contributed by atoms with Crippen LogP contribution in [0.3, 0.4) is 0 Å². The zero-order valence-electron chi connectivity index (χ0n) is 13.6. The Balaban J connectivity index is 1.58. The zero-order chi connectivity index (χ0) is 16.4. The second kappa shape index (κ2) is 6.37. The maximum absolute atomic E-state index is 7.10. The fourth-order valence-corrected chi connectivity index (χ4v) is 3.57. The second-order valence-corrected chi connectivity index (χ2v) is 6.51. The van der Waals surface area contributed by atoms with Gasteiger partial charge in [0.05, 0.1) is 13.1 Å². The summed E-state index contributed by atoms with van der Waals surface area (Å²) in [5.74, 6) is 0.654. The van der Waals surface area contributed by atoms with Gasteiger partial charge in [-0.3, -0.25) is 0 Å². The molecule has 1 aliphatic rings. The molecule has 0 radical (unpaired) electrons. The van der Waals surface area contributed by atoms with Crippen LogP contribution >= 0.6 is 0 Å². The van der Waals surface area contributed by atoms with Gasteiger partial charge in [-0.2, -0.15) is 11.5 Å². The van der Waals surface area contributed by atoms with Gasteiger partial charge in [0.25, 0.3) is 0 Å². The lowest BCUT2D eigenvalue weighted by molar-refractivity contribution is 0.239. The number of benzene rings is 1. The van der Waals surface area contributed by atoms with Gasteiger partial charge in [-0.25, -0.2) is 4.98 Å². The molecule has 3 heterocycles. The van der Waals surface area contributed by atoms with Gasteiger partial charge < -0.3 is 4.98 Å². The van der Waals surface area contributed by atoms with Crippen LogP contribution < -0.4 is 0 Å². The summed E-state index contributed by atoms with van der Waals surface area (Å²) in [5, 5.41) is 3.04. The molecule has 4 heteroatoms. The first-order chi connectivity index (χ1) is 11.8. The van der Waals surface area contributed by atoms with Crippen molar-refractivity contribution in [1.82, 2.24) is 15.0 Å². The largest absolute Gasteiger partial charge is 0.346 e. The number of nitrogens with one attached hydrogen (secondary N) is 1. The van der Waals surface area contributed by atoms with E-state index in [2.05, 4.69) is 45.3 Å². The SMILES string of the molecule is [C-]#[N+]N1CCC(Cc2cnc3[nH]cc(-c4ccccc4)c3c2)CC1. The highest BCUT2D eigenvalue weighted by Crippen LogP contribution is 2.29. The molecule has 0 atom stereocenters. The van der Waals surface area contributed by atoms with E-state index >= 15 is 0 Å². The quantitative estimate of drug-likeness (QED) is 0.731. The summed E-state index contributed by atoms with van der Waals surface area (Å²) in [7, 11) is 0. The van der Waals surface area contributed by atoms with Crippen molar-refractivity contribution in [1.29, 1.82) is 0 Å². The molecule has 0 unspecified atom stereocenters. The van der Waals surface area contributed by atoms with Crippen molar-refractivity contribution < 1.29 is 0 Å². The minimum absolute atomic E-state index is 0.654. The molecule has 1 aliphatic heterocycles. The van der Waals surface area contributed by atoms with Gasteiger partial charge in [0, 0.05) is 23.3 Å². The van der Waals surface area contributed by atoms with Crippen molar-refractivity contribution in [2.75, 3.05) is 13.1 Å². The molecule has 1 N–H and O–H groups in total. The van der Waals surface area contributed by atoms with Crippen molar-refractivity contribution in [3.05, 3.63) is 65.9 Å². The highest BCUT2D eigenvalue weighted by molar-refractivity contribution is 5.93. The Kier molecular flexibility index (Phi) is 3.92. The van der Waals surface area contributed by atoms with Gasteiger partial charge in [-0.05, 0) is 42.4 Å². The number of pyridine rings is 1. The number of piperidine rings is 1. The molecular formula is C20H20N4. The summed E-state index contributed by atoms with van der Waals surface area (Å²) in [6, 6.07) is 12.7. The highest BCUT2D eigenvalue weighted by Gasteiger charge is 2.21. The molecule has 120 valence electrons. The number of aromatic amines is 1. The molecule has 4 rings (SSSR count). The van der Waals surface area contributed by atoms with Gasteiger partial charge in [-0.1, -0.05) is 30.3 Å². The second-order valence-electron chi connectivity index (χ2n) is 6.51. The van der Waals surface area contributed by atoms with Crippen molar-refractivity contribution in [3.8, 4) is 11.1 Å². The van der Waals surface area contributed by atoms with Crippen LogP contribution in [-0.2, 0) is 6.42 Å². The van der Waals surface area contributed by atoms with Crippen molar-refractivity contribution in [3.63, 3.8) is 0 Å². The van der Waals surface area contributed by atoms with E-state index in [0.717, 1.165) is 38.0 Å². The first-order valence-corrected chi connectivity index (χ1v) is 8.47. The summed E-state index contributed by atoms with van der Waals surface area (Å²) in [6.07, 6.45) is 7.28. The third-order valence-electron chi connectivity index (χ3n) is 4.93. The molecule has 0 spiro atoms. The van der Waals surface area contributed by atoms with E-state index in [9.17, 15) is 0 Å². The Morgan fingerprint density at radius 3 is 2.75 bits per heavy atom. The topological polar surface area (TPSA) is 36.3 Å². The van der Waals surface area contributed by atoms with Crippen LogP contribution in [0.5, 0.6) is 0 Å². The summed E-state index contributed by atoms with van der Waals surface area (Å²) in [6.45, 7) is 8.88. The Morgan fingerprint density at radius 1 is 1.21 bits per heavy atom. The molecule has 0 aliphatic carbocycles. The Bertz CT molecular complexity index is 868. The third kappa shape index (κ3) is 2.85. The lowest BCUT2D eigenvalue weighted by Gasteiger charge is -2.24. The molecule has 1 aromatic carbocycles. The number of H-pyrrole nitrogens is 1. The van der Waals surface area contributed by atoms with Crippen LogP contribution in [0.2, 0.25) is 0 Å². The monoisotopic (exact) mass is 316 g/mol. The van der Waals surface area contributed by atoms with Gasteiger partial charge in [0.1, 0.15) is 5.65 Å². The summed E-state index contributed by atoms with van der Waals surface area (Å²) >= 11 is 0. The Hall–Kier alpha value is -2.80. The summed E-state index contributed by atoms with van der Waals surface area (Å²) < 4.78 is 0. The lowest BCUT2D eigenvalue weighted by Crippen LogP contribution is -2.29. The highest BCUT2D eigenvalue weighted by atomic mass is 15.4. The van der Waals surface area contributed by atoms with Gasteiger partial charge in [0.2, 0.25) is 0 Å². The number of hydrogen-bond donors (Lipinski definition) is 1. The molecule has 0 saturated carbocycles. The molecule has 2 aromatic heterocycles. The fourth-order valence-electron chi connectivity index (χ4n) is 3.57. The molecule has 1 saturated heterocycles. The minimum atomic E-state index is 0.654. The standard InChI is InChI=1S/C20H20N4/c1-21-24-9-7-15(8-10-24)11-16-12-18-19(14-23-20(18)22-13-16)17-5-3-2-4-6-17/h2-6,12-15H,7-11H2,(H,22,23). The van der Waals surface area contributed by atoms with E-state index in [4.69, 9.17) is 6.57 Å². The van der Waals surface area contributed by atoms with Crippen LogP contribution in [0.1, 0.15) is 18.4 Å². The molecule has 4 nitrogen and oxygen atoms in total. The van der Waals surface area contributed by atoms with Crippen LogP contribution in [0.4, 0.5) is 0 Å². The van der Waals surface area contributed by atoms with Crippen LogP contribution in [-0.4, -0.2) is 28.1 Å². The summed E-state index contributed by atoms with van der Waals surface area (Å²) in [5.41, 5.74) is 4.66. The van der Waals surface area contributed by atoms with Gasteiger partial charge in [0.15, 0.2) is 0 Å². The molecule has 0 bridgehead atoms. The van der Waals surface area contributed by atoms with Crippen LogP contribution in [0.15, 0.2) is 48.8 Å². The fraction of sp³-hybridized carbons (Fsp3) is 0.300. The number of fused-ring (bicyclic) bond motifs is 1. The van der Waals surface area contributed by atoms with Gasteiger partial charge in [-0.15, -0.1) is 5.01 Å². The van der Waals surface area contributed by atoms with Crippen molar-refractivity contribution in [2.45, 2.75) is 19.3 Å². The van der Waals surface area contributed by atoms with E-state index in [0.29, 0.717) is 5.92 Å². The zero-order valence-corrected chi connectivity index (χ0v) is 13.6. The van der Waals surface area contributed by atoms with Crippen LogP contribution in [0, 0.1) is 12.5 Å². The predicted molar refractivity (Wildman–Crippen MR) is 96.1 cm³/mol. The van der Waals surface area contributed by atoms with E-state index in [1.54, 1.807) is 0 Å². The molecular weight excluding hydrogens is 296 g/mol. The summed E-state index contributed by atoms with van der Waals surface area (Å²) in [4.78, 5) is 11.4. The number of nitrogens with zero attached hydrogens (tertiary/aromatic N) is 3. The van der Waals surface area contributed by atoms with E-state index in [1.807, 2.05) is 23.5 Å². The molecule has 24 heavy (non-hydrogen) atoms. The van der Waals surface area contributed by atoms with Gasteiger partial charge >= 0.3 is 0 Å². The van der Waals surface area contributed by atoms with Crippen LogP contribution in [0.25, 0.3) is 27.1 Å². The molecule has 3 aromatic rings. The molecule has 0 amide bonds. The predicted octanol–water partition coefficient (Wildman–Crippen LogP) is 4.32. The lowest BCUT2D eigenvalue weighted by atomic mass is 9.91. The van der Waals surface area contributed by atoms with E-state index in [-0.39, 0.29) is 0 Å². The number of rotatable bonds is 3. The average Bonchev–Trinajstić information content (AvgIpc) is 3.06. The maximum Gasteiger partial charge on any atom is 0.137 e. The third-order valence-corrected chi connectivity index (χ3v) is 4.93. The maximum atomic E-state index is 7.10. The van der Waals surface area contributed by atoms with E-state index in [1.165, 1.54) is 22.1 Å². The Labute approximate surface area is 141 Å². The minimum Gasteiger partial charge on any atom is -0.346 e. The van der Waals surface area contributed by atoms with E-state index < -0.39 is 0 Å². The smallest absolute Gasteiger partial charge is 0.137 e. The number of aromatic nitrogens is 2. The first kappa shape index (κ1) is 14.8. The first-order valence-electron chi connectivity index (χ1n) is 8.47. The molecule has 1 fully saturated rings. The Morgan fingerprint density at radius 2 is 2.00 bits per heavy atom. The normalized spacial score (nSPS) is 15.5. The van der Waals surface area contributed by atoms with Crippen molar-refractivity contribution in [2.24, 2.45) is 5.92 Å². The van der Waals surface area contributed by atoms with Crippen molar-refractivity contribution >= 4 is 11.0 Å². The average molecular weight is 316 g/mol.